The highest BCUT2D eigenvalue weighted by molar-refractivity contribution is 9.11. The van der Waals surface area contributed by atoms with Gasteiger partial charge < -0.3 is 10.1 Å². The first kappa shape index (κ1) is 21.0. The van der Waals surface area contributed by atoms with E-state index in [1.165, 1.54) is 17.4 Å². The maximum atomic E-state index is 11.1. The first-order chi connectivity index (χ1) is 14.5. The lowest BCUT2D eigenvalue weighted by Crippen LogP contribution is -2.30. The highest BCUT2D eigenvalue weighted by Crippen LogP contribution is 2.26. The second-order valence-corrected chi connectivity index (χ2v) is 9.88. The molecule has 0 amide bonds. The molecule has 1 aliphatic heterocycles. The quantitative estimate of drug-likeness (QED) is 0.481. The second kappa shape index (κ2) is 9.24. The van der Waals surface area contributed by atoms with Crippen molar-refractivity contribution in [1.29, 1.82) is 0 Å². The van der Waals surface area contributed by atoms with Crippen LogP contribution in [0.25, 0.3) is 0 Å². The lowest BCUT2D eigenvalue weighted by molar-refractivity contribution is -0.145. The molecule has 1 aliphatic rings. The molecule has 0 spiro atoms. The molecule has 0 radical (unpaired) electrons. The van der Waals surface area contributed by atoms with E-state index in [0.717, 1.165) is 46.8 Å². The molecule has 1 N–H and O–H groups in total. The van der Waals surface area contributed by atoms with Crippen molar-refractivity contribution in [3.05, 3.63) is 68.1 Å². The molecule has 3 heterocycles. The summed E-state index contributed by atoms with van der Waals surface area (Å²) in [6, 6.07) is 12.0. The van der Waals surface area contributed by atoms with Crippen molar-refractivity contribution in [1.82, 2.24) is 14.9 Å². The molecule has 0 aliphatic carbocycles. The third-order valence-electron chi connectivity index (χ3n) is 5.01. The minimum absolute atomic E-state index is 0.272. The number of nitrogens with zero attached hydrogens (tertiary/aromatic N) is 3. The van der Waals surface area contributed by atoms with E-state index in [4.69, 9.17) is 9.72 Å². The van der Waals surface area contributed by atoms with Crippen LogP contribution in [0.1, 0.15) is 41.6 Å². The van der Waals surface area contributed by atoms with Crippen molar-refractivity contribution in [3.8, 4) is 0 Å². The Morgan fingerprint density at radius 2 is 2.10 bits per heavy atom. The number of ether oxygens (including phenoxy) is 1. The van der Waals surface area contributed by atoms with Crippen LogP contribution in [-0.2, 0) is 29.0 Å². The Labute approximate surface area is 188 Å². The van der Waals surface area contributed by atoms with Gasteiger partial charge in [-0.3, -0.25) is 9.69 Å². The molecule has 1 atom stereocenters. The molecular formula is C22H23BrN4O2S. The van der Waals surface area contributed by atoms with E-state index in [1.54, 1.807) is 11.3 Å². The number of rotatable bonds is 6. The average Bonchev–Trinajstić information content (AvgIpc) is 3.12. The van der Waals surface area contributed by atoms with E-state index in [2.05, 4.69) is 43.3 Å². The van der Waals surface area contributed by atoms with Crippen LogP contribution in [0.15, 0.2) is 46.4 Å². The van der Waals surface area contributed by atoms with E-state index in [-0.39, 0.29) is 12.1 Å². The van der Waals surface area contributed by atoms with Crippen LogP contribution in [0, 0.1) is 0 Å². The standard InChI is InChI=1S/C22H23BrN4O2S/c1-14(29-15(2)28)16-3-5-18(6-4-16)25-22-24-11-17-9-10-27(13-20(17)26-22)12-19-7-8-21(23)30-19/h3-8,11,14H,9-10,12-13H2,1-2H3,(H,24,25,26). The van der Waals surface area contributed by atoms with E-state index >= 15 is 0 Å². The van der Waals surface area contributed by atoms with Gasteiger partial charge >= 0.3 is 5.97 Å². The molecule has 2 aromatic heterocycles. The van der Waals surface area contributed by atoms with Crippen molar-refractivity contribution in [2.45, 2.75) is 39.5 Å². The number of esters is 1. The number of hydrogen-bond acceptors (Lipinski definition) is 7. The Balaban J connectivity index is 1.41. The maximum Gasteiger partial charge on any atom is 0.303 e. The third kappa shape index (κ3) is 5.24. The van der Waals surface area contributed by atoms with E-state index < -0.39 is 0 Å². The predicted molar refractivity (Wildman–Crippen MR) is 122 cm³/mol. The third-order valence-corrected chi connectivity index (χ3v) is 6.62. The fourth-order valence-electron chi connectivity index (χ4n) is 3.49. The first-order valence-corrected chi connectivity index (χ1v) is 11.4. The van der Waals surface area contributed by atoms with Gasteiger partial charge in [-0.2, -0.15) is 0 Å². The lowest BCUT2D eigenvalue weighted by Gasteiger charge is -2.27. The second-order valence-electron chi connectivity index (χ2n) is 7.33. The Morgan fingerprint density at radius 1 is 1.30 bits per heavy atom. The number of thiophene rings is 1. The number of anilines is 2. The van der Waals surface area contributed by atoms with Gasteiger partial charge in [-0.25, -0.2) is 9.97 Å². The van der Waals surface area contributed by atoms with Crippen LogP contribution in [0.5, 0.6) is 0 Å². The van der Waals surface area contributed by atoms with Gasteiger partial charge in [0.15, 0.2) is 0 Å². The molecule has 8 heteroatoms. The maximum absolute atomic E-state index is 11.1. The molecule has 3 aromatic rings. The molecule has 6 nitrogen and oxygen atoms in total. The van der Waals surface area contributed by atoms with Crippen LogP contribution >= 0.6 is 27.3 Å². The van der Waals surface area contributed by atoms with Gasteiger partial charge in [0.25, 0.3) is 0 Å². The minimum atomic E-state index is -0.284. The summed E-state index contributed by atoms with van der Waals surface area (Å²) in [5.74, 6) is 0.308. The number of benzene rings is 1. The number of carbonyl (C=O) groups excluding carboxylic acids is 1. The van der Waals surface area contributed by atoms with Crippen molar-refractivity contribution >= 4 is 44.9 Å². The van der Waals surface area contributed by atoms with Crippen molar-refractivity contribution in [2.24, 2.45) is 0 Å². The van der Waals surface area contributed by atoms with Crippen LogP contribution in [0.2, 0.25) is 0 Å². The van der Waals surface area contributed by atoms with Crippen LogP contribution < -0.4 is 5.32 Å². The van der Waals surface area contributed by atoms with E-state index in [9.17, 15) is 4.79 Å². The number of fused-ring (bicyclic) bond motifs is 1. The number of halogens is 1. The van der Waals surface area contributed by atoms with Gasteiger partial charge in [0.05, 0.1) is 9.48 Å². The number of carbonyl (C=O) groups is 1. The SMILES string of the molecule is CC(=O)OC(C)c1ccc(Nc2ncc3c(n2)CN(Cc2ccc(Br)s2)CC3)cc1. The summed E-state index contributed by atoms with van der Waals surface area (Å²) in [6.07, 6.45) is 2.62. The van der Waals surface area contributed by atoms with E-state index in [1.807, 2.05) is 37.4 Å². The van der Waals surface area contributed by atoms with Gasteiger partial charge in [0, 0.05) is 43.3 Å². The molecule has 0 saturated carbocycles. The summed E-state index contributed by atoms with van der Waals surface area (Å²) in [5, 5.41) is 3.28. The molecule has 0 saturated heterocycles. The zero-order valence-electron chi connectivity index (χ0n) is 16.9. The number of aromatic nitrogens is 2. The number of nitrogens with one attached hydrogen (secondary N) is 1. The van der Waals surface area contributed by atoms with Crippen LogP contribution in [0.3, 0.4) is 0 Å². The zero-order valence-corrected chi connectivity index (χ0v) is 19.3. The van der Waals surface area contributed by atoms with Gasteiger partial charge in [0.1, 0.15) is 6.10 Å². The molecular weight excluding hydrogens is 464 g/mol. The number of hydrogen-bond donors (Lipinski definition) is 1. The Kier molecular flexibility index (Phi) is 6.46. The lowest BCUT2D eigenvalue weighted by atomic mass is 10.1. The molecule has 0 fully saturated rings. The smallest absolute Gasteiger partial charge is 0.303 e. The summed E-state index contributed by atoms with van der Waals surface area (Å²) in [7, 11) is 0. The topological polar surface area (TPSA) is 67.3 Å². The summed E-state index contributed by atoms with van der Waals surface area (Å²) in [6.45, 7) is 6.05. The zero-order chi connectivity index (χ0) is 21.1. The highest BCUT2D eigenvalue weighted by atomic mass is 79.9. The van der Waals surface area contributed by atoms with Crippen molar-refractivity contribution in [3.63, 3.8) is 0 Å². The Hall–Kier alpha value is -2.29. The molecule has 30 heavy (non-hydrogen) atoms. The minimum Gasteiger partial charge on any atom is -0.458 e. The van der Waals surface area contributed by atoms with Gasteiger partial charge in [0.2, 0.25) is 5.95 Å². The van der Waals surface area contributed by atoms with Crippen molar-refractivity contribution in [2.75, 3.05) is 11.9 Å². The molecule has 4 rings (SSSR count). The summed E-state index contributed by atoms with van der Waals surface area (Å²) in [5.41, 5.74) is 4.13. The molecule has 156 valence electrons. The van der Waals surface area contributed by atoms with Gasteiger partial charge in [-0.15, -0.1) is 11.3 Å². The fourth-order valence-corrected chi connectivity index (χ4v) is 5.02. The van der Waals surface area contributed by atoms with Crippen LogP contribution in [0.4, 0.5) is 11.6 Å². The van der Waals surface area contributed by atoms with Crippen LogP contribution in [-0.4, -0.2) is 27.4 Å². The fraction of sp³-hybridized carbons (Fsp3) is 0.318. The normalized spacial score (nSPS) is 14.8. The molecule has 0 bridgehead atoms. The Bertz CT molecular complexity index is 1040. The highest BCUT2D eigenvalue weighted by Gasteiger charge is 2.19. The summed E-state index contributed by atoms with van der Waals surface area (Å²) < 4.78 is 6.38. The van der Waals surface area contributed by atoms with Crippen molar-refractivity contribution < 1.29 is 9.53 Å². The molecule has 1 aromatic carbocycles. The predicted octanol–water partition coefficient (Wildman–Crippen LogP) is 5.23. The first-order valence-electron chi connectivity index (χ1n) is 9.82. The van der Waals surface area contributed by atoms with Gasteiger partial charge in [-0.05, 0) is 64.7 Å². The Morgan fingerprint density at radius 3 is 2.80 bits per heavy atom. The van der Waals surface area contributed by atoms with E-state index in [0.29, 0.717) is 5.95 Å². The summed E-state index contributed by atoms with van der Waals surface area (Å²) >= 11 is 5.31. The van der Waals surface area contributed by atoms with Gasteiger partial charge in [-0.1, -0.05) is 12.1 Å². The molecule has 1 unspecified atom stereocenters. The largest absolute Gasteiger partial charge is 0.458 e. The summed E-state index contributed by atoms with van der Waals surface area (Å²) in [4.78, 5) is 24.1. The monoisotopic (exact) mass is 486 g/mol. The average molecular weight is 487 g/mol.